The van der Waals surface area contributed by atoms with Crippen molar-refractivity contribution in [1.82, 2.24) is 24.1 Å². The van der Waals surface area contributed by atoms with E-state index in [1.165, 1.54) is 0 Å². The van der Waals surface area contributed by atoms with Crippen molar-refractivity contribution in [3.8, 4) is 5.82 Å². The van der Waals surface area contributed by atoms with Crippen LogP contribution < -0.4 is 5.32 Å². The molecule has 0 spiro atoms. The summed E-state index contributed by atoms with van der Waals surface area (Å²) in [6.07, 6.45) is 5.61. The fraction of sp³-hybridized carbons (Fsp3) is 0.308. The third kappa shape index (κ3) is 1.95. The van der Waals surface area contributed by atoms with Crippen LogP contribution in [0.1, 0.15) is 18.3 Å². The van der Waals surface area contributed by atoms with Crippen LogP contribution in [0.5, 0.6) is 0 Å². The molecule has 3 aromatic rings. The molecule has 0 bridgehead atoms. The van der Waals surface area contributed by atoms with Gasteiger partial charge >= 0.3 is 0 Å². The molecule has 0 aliphatic heterocycles. The molecule has 3 heterocycles. The van der Waals surface area contributed by atoms with Gasteiger partial charge in [-0.2, -0.15) is 5.10 Å². The van der Waals surface area contributed by atoms with E-state index in [1.54, 1.807) is 6.20 Å². The zero-order valence-electron chi connectivity index (χ0n) is 11.3. The van der Waals surface area contributed by atoms with Crippen LogP contribution >= 0.6 is 0 Å². The van der Waals surface area contributed by atoms with Gasteiger partial charge < -0.3 is 9.72 Å². The van der Waals surface area contributed by atoms with Crippen molar-refractivity contribution in [2.24, 2.45) is 0 Å². The maximum Gasteiger partial charge on any atom is 0.199 e. The molecule has 0 aliphatic rings. The number of nitrogens with zero attached hydrogens (tertiary/aromatic N) is 5. The highest BCUT2D eigenvalue weighted by atomic mass is 15.3. The van der Waals surface area contributed by atoms with Gasteiger partial charge in [-0.3, -0.25) is 0 Å². The van der Waals surface area contributed by atoms with E-state index in [0.717, 1.165) is 35.2 Å². The predicted octanol–water partition coefficient (Wildman–Crippen LogP) is 1.96. The van der Waals surface area contributed by atoms with Crippen molar-refractivity contribution >= 4 is 11.5 Å². The second kappa shape index (κ2) is 4.38. The van der Waals surface area contributed by atoms with E-state index in [-0.39, 0.29) is 0 Å². The Morgan fingerprint density at radius 1 is 1.32 bits per heavy atom. The zero-order valence-corrected chi connectivity index (χ0v) is 11.3. The first-order chi connectivity index (χ1) is 9.19. The van der Waals surface area contributed by atoms with Gasteiger partial charge in [0.05, 0.1) is 11.9 Å². The summed E-state index contributed by atoms with van der Waals surface area (Å²) in [6.45, 7) is 6.86. The number of imidazole rings is 1. The Bertz CT molecular complexity index is 724. The van der Waals surface area contributed by atoms with Crippen molar-refractivity contribution in [3.63, 3.8) is 0 Å². The Labute approximate surface area is 111 Å². The van der Waals surface area contributed by atoms with Gasteiger partial charge in [0.1, 0.15) is 5.82 Å². The lowest BCUT2D eigenvalue weighted by Gasteiger charge is -2.09. The maximum atomic E-state index is 4.61. The van der Waals surface area contributed by atoms with Gasteiger partial charge in [0.15, 0.2) is 11.5 Å². The van der Waals surface area contributed by atoms with Gasteiger partial charge in [0.25, 0.3) is 0 Å². The van der Waals surface area contributed by atoms with Crippen LogP contribution in [-0.2, 0) is 0 Å². The van der Waals surface area contributed by atoms with Gasteiger partial charge in [-0.25, -0.2) is 14.6 Å². The minimum Gasteiger partial charge on any atom is -0.369 e. The number of hydrogen-bond acceptors (Lipinski definition) is 4. The molecular weight excluding hydrogens is 240 g/mol. The highest BCUT2D eigenvalue weighted by molar-refractivity contribution is 5.58. The normalized spacial score (nSPS) is 11.1. The molecule has 6 nitrogen and oxygen atoms in total. The minimum atomic E-state index is 0.744. The first-order valence-electron chi connectivity index (χ1n) is 6.30. The van der Waals surface area contributed by atoms with Gasteiger partial charge in [-0.1, -0.05) is 0 Å². The fourth-order valence-electron chi connectivity index (χ4n) is 2.17. The molecule has 98 valence electrons. The Kier molecular flexibility index (Phi) is 2.70. The SMILES string of the molecule is CCNc1cn2ccnc2c(-n2nc(C)cc2C)n1. The molecule has 0 saturated carbocycles. The van der Waals surface area contributed by atoms with E-state index in [0.29, 0.717) is 0 Å². The van der Waals surface area contributed by atoms with Crippen molar-refractivity contribution in [2.75, 3.05) is 11.9 Å². The lowest BCUT2D eigenvalue weighted by molar-refractivity contribution is 0.803. The number of nitrogens with one attached hydrogen (secondary N) is 1. The van der Waals surface area contributed by atoms with Crippen LogP contribution in [0.3, 0.4) is 0 Å². The molecule has 0 saturated heterocycles. The van der Waals surface area contributed by atoms with Gasteiger partial charge in [0.2, 0.25) is 0 Å². The predicted molar refractivity (Wildman–Crippen MR) is 73.7 cm³/mol. The highest BCUT2D eigenvalue weighted by Gasteiger charge is 2.12. The molecule has 0 atom stereocenters. The molecule has 3 rings (SSSR count). The molecule has 0 unspecified atom stereocenters. The topological polar surface area (TPSA) is 60.0 Å². The molecule has 3 aromatic heterocycles. The van der Waals surface area contributed by atoms with E-state index in [1.807, 2.05) is 48.3 Å². The van der Waals surface area contributed by atoms with Crippen LogP contribution in [0.4, 0.5) is 5.82 Å². The van der Waals surface area contributed by atoms with Crippen molar-refractivity contribution in [3.05, 3.63) is 36.0 Å². The highest BCUT2D eigenvalue weighted by Crippen LogP contribution is 2.17. The number of anilines is 1. The largest absolute Gasteiger partial charge is 0.369 e. The fourth-order valence-corrected chi connectivity index (χ4v) is 2.17. The Morgan fingerprint density at radius 2 is 2.16 bits per heavy atom. The van der Waals surface area contributed by atoms with Gasteiger partial charge in [-0.05, 0) is 26.8 Å². The first kappa shape index (κ1) is 11.7. The van der Waals surface area contributed by atoms with E-state index < -0.39 is 0 Å². The van der Waals surface area contributed by atoms with E-state index >= 15 is 0 Å². The lowest BCUT2D eigenvalue weighted by atomic mass is 10.4. The van der Waals surface area contributed by atoms with Crippen molar-refractivity contribution in [2.45, 2.75) is 20.8 Å². The summed E-state index contributed by atoms with van der Waals surface area (Å²) in [5.41, 5.74) is 2.81. The van der Waals surface area contributed by atoms with Crippen LogP contribution in [0.25, 0.3) is 11.5 Å². The molecule has 6 heteroatoms. The monoisotopic (exact) mass is 256 g/mol. The first-order valence-corrected chi connectivity index (χ1v) is 6.30. The molecule has 0 radical (unpaired) electrons. The van der Waals surface area contributed by atoms with Crippen LogP contribution in [0.15, 0.2) is 24.7 Å². The number of aryl methyl sites for hydroxylation is 2. The third-order valence-corrected chi connectivity index (χ3v) is 2.92. The number of aromatic nitrogens is 5. The smallest absolute Gasteiger partial charge is 0.199 e. The molecule has 1 N–H and O–H groups in total. The van der Waals surface area contributed by atoms with E-state index in [2.05, 4.69) is 20.4 Å². The number of rotatable bonds is 3. The summed E-state index contributed by atoms with van der Waals surface area (Å²) < 4.78 is 3.79. The molecule has 0 aromatic carbocycles. The summed E-state index contributed by atoms with van der Waals surface area (Å²) in [7, 11) is 0. The Morgan fingerprint density at radius 3 is 2.84 bits per heavy atom. The van der Waals surface area contributed by atoms with Crippen LogP contribution in [0.2, 0.25) is 0 Å². The average Bonchev–Trinajstić information content (AvgIpc) is 2.95. The Hall–Kier alpha value is -2.37. The number of fused-ring (bicyclic) bond motifs is 1. The Balaban J connectivity index is 2.26. The summed E-state index contributed by atoms with van der Waals surface area (Å²) in [5.74, 6) is 1.56. The molecule has 0 aliphatic carbocycles. The quantitative estimate of drug-likeness (QED) is 0.778. The van der Waals surface area contributed by atoms with Gasteiger partial charge in [0, 0.05) is 24.6 Å². The summed E-state index contributed by atoms with van der Waals surface area (Å²) in [4.78, 5) is 8.97. The summed E-state index contributed by atoms with van der Waals surface area (Å²) in [5, 5.41) is 7.71. The van der Waals surface area contributed by atoms with Crippen molar-refractivity contribution < 1.29 is 0 Å². The standard InChI is InChI=1S/C13H16N6/c1-4-14-11-8-18-6-5-15-12(18)13(16-11)19-10(3)7-9(2)17-19/h5-8,14H,4H2,1-3H3. The number of hydrogen-bond donors (Lipinski definition) is 1. The van der Waals surface area contributed by atoms with Crippen molar-refractivity contribution in [1.29, 1.82) is 0 Å². The zero-order chi connectivity index (χ0) is 13.4. The lowest BCUT2D eigenvalue weighted by Crippen LogP contribution is -2.09. The van der Waals surface area contributed by atoms with E-state index in [4.69, 9.17) is 0 Å². The van der Waals surface area contributed by atoms with Crippen LogP contribution in [0, 0.1) is 13.8 Å². The molecular formula is C13H16N6. The maximum absolute atomic E-state index is 4.61. The van der Waals surface area contributed by atoms with Gasteiger partial charge in [-0.15, -0.1) is 0 Å². The summed E-state index contributed by atoms with van der Waals surface area (Å²) >= 11 is 0. The van der Waals surface area contributed by atoms with E-state index in [9.17, 15) is 0 Å². The average molecular weight is 256 g/mol. The van der Waals surface area contributed by atoms with Crippen LogP contribution in [-0.4, -0.2) is 30.7 Å². The second-order valence-electron chi connectivity index (χ2n) is 4.48. The summed E-state index contributed by atoms with van der Waals surface area (Å²) in [6, 6.07) is 2.03. The molecule has 0 amide bonds. The molecule has 19 heavy (non-hydrogen) atoms. The second-order valence-corrected chi connectivity index (χ2v) is 4.48. The minimum absolute atomic E-state index is 0.744. The third-order valence-electron chi connectivity index (χ3n) is 2.92. The molecule has 0 fully saturated rings.